The maximum absolute atomic E-state index is 13.3. The van der Waals surface area contributed by atoms with Crippen molar-refractivity contribution in [3.63, 3.8) is 0 Å². The Morgan fingerprint density at radius 1 is 0.791 bits per heavy atom. The van der Waals surface area contributed by atoms with E-state index < -0.39 is 72.1 Å². The Kier molecular flexibility index (Phi) is 14.9. The van der Waals surface area contributed by atoms with Crippen molar-refractivity contribution in [2.45, 2.75) is 90.7 Å². The van der Waals surface area contributed by atoms with Crippen LogP contribution >= 0.6 is 0 Å². The summed E-state index contributed by atoms with van der Waals surface area (Å²) in [5.74, 6) is -3.92. The third kappa shape index (κ3) is 17.2. The largest absolute Gasteiger partial charge is 0.460 e. The predicted octanol–water partition coefficient (Wildman–Crippen LogP) is 2.47. The zero-order chi connectivity index (χ0) is 32.6. The minimum Gasteiger partial charge on any atom is -0.460 e. The maximum Gasteiger partial charge on any atom is 0.408 e. The van der Waals surface area contributed by atoms with Crippen LogP contribution in [0.15, 0.2) is 43.0 Å². The molecule has 0 heterocycles. The number of alkyl carbamates (subject to hydrolysis) is 1. The molecule has 1 unspecified atom stereocenters. The quantitative estimate of drug-likeness (QED) is 0.153. The van der Waals surface area contributed by atoms with E-state index in [-0.39, 0.29) is 26.1 Å². The number of nitrogens with one attached hydrogen (secondary N) is 3. The molecule has 1 rings (SSSR count). The van der Waals surface area contributed by atoms with Crippen molar-refractivity contribution >= 4 is 35.8 Å². The smallest absolute Gasteiger partial charge is 0.408 e. The van der Waals surface area contributed by atoms with Gasteiger partial charge in [-0.25, -0.2) is 4.79 Å². The summed E-state index contributed by atoms with van der Waals surface area (Å²) in [7, 11) is 0. The molecule has 0 spiro atoms. The Bertz CT molecular complexity index is 1120. The van der Waals surface area contributed by atoms with Gasteiger partial charge in [0.1, 0.15) is 43.0 Å². The summed E-state index contributed by atoms with van der Waals surface area (Å²) in [6, 6.07) is 5.93. The van der Waals surface area contributed by atoms with Crippen LogP contribution < -0.4 is 16.0 Å². The maximum atomic E-state index is 13.3. The molecule has 0 aromatic heterocycles. The van der Waals surface area contributed by atoms with Crippen LogP contribution in [-0.2, 0) is 49.5 Å². The summed E-state index contributed by atoms with van der Waals surface area (Å²) in [6.07, 6.45) is -0.706. The average molecular weight is 606 g/mol. The first kappa shape index (κ1) is 36.6. The zero-order valence-electron chi connectivity index (χ0n) is 25.7. The second kappa shape index (κ2) is 17.5. The van der Waals surface area contributed by atoms with Gasteiger partial charge in [-0.3, -0.25) is 24.0 Å². The fourth-order valence-electron chi connectivity index (χ4n) is 3.35. The van der Waals surface area contributed by atoms with Crippen molar-refractivity contribution in [1.82, 2.24) is 16.0 Å². The summed E-state index contributed by atoms with van der Waals surface area (Å²) in [5, 5.41) is 7.12. The highest BCUT2D eigenvalue weighted by Gasteiger charge is 2.31. The molecular formula is C30H43N3O10. The lowest BCUT2D eigenvalue weighted by Crippen LogP contribution is -2.55. The van der Waals surface area contributed by atoms with Crippen LogP contribution in [0.4, 0.5) is 4.79 Å². The Labute approximate surface area is 252 Å². The molecule has 1 aromatic rings. The van der Waals surface area contributed by atoms with Crippen molar-refractivity contribution in [2.24, 2.45) is 0 Å². The Hall–Kier alpha value is -4.42. The van der Waals surface area contributed by atoms with E-state index in [0.29, 0.717) is 5.56 Å². The number of benzene rings is 1. The molecule has 0 saturated carbocycles. The second-order valence-corrected chi connectivity index (χ2v) is 11.4. The van der Waals surface area contributed by atoms with E-state index in [9.17, 15) is 28.8 Å². The molecule has 238 valence electrons. The van der Waals surface area contributed by atoms with Crippen LogP contribution in [-0.4, -0.2) is 72.3 Å². The number of esters is 3. The van der Waals surface area contributed by atoms with E-state index in [1.165, 1.54) is 6.08 Å². The molecule has 43 heavy (non-hydrogen) atoms. The number of ether oxygens (including phenoxy) is 4. The Morgan fingerprint density at radius 2 is 1.40 bits per heavy atom. The molecule has 3 N–H and O–H groups in total. The highest BCUT2D eigenvalue weighted by molar-refractivity contribution is 5.94. The molecule has 0 aliphatic carbocycles. The van der Waals surface area contributed by atoms with Crippen molar-refractivity contribution in [2.75, 3.05) is 13.2 Å². The van der Waals surface area contributed by atoms with Crippen molar-refractivity contribution in [1.29, 1.82) is 0 Å². The van der Waals surface area contributed by atoms with Gasteiger partial charge in [0, 0.05) is 6.42 Å². The molecular weight excluding hydrogens is 562 g/mol. The molecule has 13 nitrogen and oxygen atoms in total. The molecule has 0 aliphatic heterocycles. The molecule has 0 saturated heterocycles. The zero-order valence-corrected chi connectivity index (χ0v) is 25.7. The minimum absolute atomic E-state index is 0.0636. The third-order valence-electron chi connectivity index (χ3n) is 5.07. The summed E-state index contributed by atoms with van der Waals surface area (Å²) >= 11 is 0. The molecule has 0 fully saturated rings. The van der Waals surface area contributed by atoms with Gasteiger partial charge in [-0.15, -0.1) is 0 Å². The molecule has 2 atom stereocenters. The van der Waals surface area contributed by atoms with Gasteiger partial charge < -0.3 is 34.9 Å². The average Bonchev–Trinajstić information content (AvgIpc) is 2.89. The van der Waals surface area contributed by atoms with Gasteiger partial charge in [0.05, 0.1) is 6.42 Å². The summed E-state index contributed by atoms with van der Waals surface area (Å²) in [4.78, 5) is 75.6. The van der Waals surface area contributed by atoms with Gasteiger partial charge in [-0.1, -0.05) is 43.0 Å². The normalized spacial score (nSPS) is 12.5. The molecule has 0 radical (unpaired) electrons. The number of carbonyl (C=O) groups is 6. The lowest BCUT2D eigenvalue weighted by Gasteiger charge is -2.25. The number of rotatable bonds is 15. The minimum atomic E-state index is -1.51. The first-order valence-electron chi connectivity index (χ1n) is 13.7. The fourth-order valence-corrected chi connectivity index (χ4v) is 3.35. The van der Waals surface area contributed by atoms with E-state index in [4.69, 9.17) is 18.9 Å². The Morgan fingerprint density at radius 3 is 1.98 bits per heavy atom. The highest BCUT2D eigenvalue weighted by Crippen LogP contribution is 2.12. The van der Waals surface area contributed by atoms with E-state index >= 15 is 0 Å². The van der Waals surface area contributed by atoms with Crippen molar-refractivity contribution in [3.8, 4) is 0 Å². The molecule has 13 heteroatoms. The van der Waals surface area contributed by atoms with Crippen LogP contribution in [0.3, 0.4) is 0 Å². The monoisotopic (exact) mass is 605 g/mol. The van der Waals surface area contributed by atoms with Crippen molar-refractivity contribution in [3.05, 3.63) is 48.6 Å². The van der Waals surface area contributed by atoms with E-state index in [1.54, 1.807) is 71.9 Å². The number of hydrogen-bond donors (Lipinski definition) is 3. The van der Waals surface area contributed by atoms with Crippen LogP contribution in [0.5, 0.6) is 0 Å². The van der Waals surface area contributed by atoms with Gasteiger partial charge in [-0.05, 0) is 53.5 Å². The number of carbonyl (C=O) groups excluding carboxylic acids is 6. The van der Waals surface area contributed by atoms with E-state index in [1.807, 2.05) is 0 Å². The van der Waals surface area contributed by atoms with Crippen LogP contribution in [0.25, 0.3) is 0 Å². The van der Waals surface area contributed by atoms with E-state index in [2.05, 4.69) is 22.5 Å². The molecule has 1 aromatic carbocycles. The number of amides is 3. The standard InChI is InChI=1S/C30H43N3O10/c1-8-16-40-25(36)18-31-26(37)21(14-15-23(34)42-29(2,3)4)32-27(38)22(17-24(35)43-30(5,6)7)33-28(39)41-19-20-12-10-9-11-13-20/h8-13,21-22H,1,14-19H2,2-7H3,(H,31,37)(H,32,38)(H,33,39)/t21?,22-/m0/s1. The molecule has 3 amide bonds. The summed E-state index contributed by atoms with van der Waals surface area (Å²) in [5.41, 5.74) is -0.964. The third-order valence-corrected chi connectivity index (χ3v) is 5.07. The van der Waals surface area contributed by atoms with Gasteiger partial charge in [-0.2, -0.15) is 0 Å². The first-order chi connectivity index (χ1) is 20.0. The van der Waals surface area contributed by atoms with Gasteiger partial charge in [0.2, 0.25) is 11.8 Å². The van der Waals surface area contributed by atoms with Crippen LogP contribution in [0.1, 0.15) is 66.4 Å². The predicted molar refractivity (Wildman–Crippen MR) is 155 cm³/mol. The van der Waals surface area contributed by atoms with Gasteiger partial charge in [0.15, 0.2) is 0 Å². The van der Waals surface area contributed by atoms with Crippen LogP contribution in [0, 0.1) is 0 Å². The van der Waals surface area contributed by atoms with Gasteiger partial charge >= 0.3 is 24.0 Å². The van der Waals surface area contributed by atoms with Gasteiger partial charge in [0.25, 0.3) is 0 Å². The lowest BCUT2D eigenvalue weighted by atomic mass is 10.1. The molecule has 0 aliphatic rings. The van der Waals surface area contributed by atoms with E-state index in [0.717, 1.165) is 0 Å². The molecule has 0 bridgehead atoms. The van der Waals surface area contributed by atoms with Crippen molar-refractivity contribution < 1.29 is 47.7 Å². The first-order valence-corrected chi connectivity index (χ1v) is 13.7. The summed E-state index contributed by atoms with van der Waals surface area (Å²) in [6.45, 7) is 12.7. The van der Waals surface area contributed by atoms with Crippen LogP contribution in [0.2, 0.25) is 0 Å². The topological polar surface area (TPSA) is 175 Å². The lowest BCUT2D eigenvalue weighted by molar-refractivity contribution is -0.156. The SMILES string of the molecule is C=CCOC(=O)CNC(=O)C(CCC(=O)OC(C)(C)C)NC(=O)[C@H](CC(=O)OC(C)(C)C)NC(=O)OCc1ccccc1. The number of hydrogen-bond acceptors (Lipinski definition) is 10. The Balaban J connectivity index is 3.07. The fraction of sp³-hybridized carbons (Fsp3) is 0.533. The second-order valence-electron chi connectivity index (χ2n) is 11.4. The summed E-state index contributed by atoms with van der Waals surface area (Å²) < 4.78 is 20.6. The highest BCUT2D eigenvalue weighted by atomic mass is 16.6.